The first-order chi connectivity index (χ1) is 25.5. The number of rotatable bonds is 5. The van der Waals surface area contributed by atoms with Gasteiger partial charge in [0.2, 0.25) is 0 Å². The predicted octanol–water partition coefficient (Wildman–Crippen LogP) is 12.2. The van der Waals surface area contributed by atoms with Gasteiger partial charge in [-0.15, -0.1) is 0 Å². The number of amidine groups is 2. The second-order valence-corrected chi connectivity index (χ2v) is 14.1. The van der Waals surface area contributed by atoms with Gasteiger partial charge in [0.15, 0.2) is 11.7 Å². The monoisotopic (exact) mass is 667 g/mol. The van der Waals surface area contributed by atoms with Crippen LogP contribution in [0.1, 0.15) is 41.7 Å². The maximum Gasteiger partial charge on any atom is 0.161 e. The summed E-state index contributed by atoms with van der Waals surface area (Å²) >= 11 is 0. The van der Waals surface area contributed by atoms with E-state index in [0.29, 0.717) is 18.2 Å². The highest BCUT2D eigenvalue weighted by molar-refractivity contribution is 6.31. The Morgan fingerprint density at radius 3 is 1.92 bits per heavy atom. The van der Waals surface area contributed by atoms with E-state index < -0.39 is 0 Å². The van der Waals surface area contributed by atoms with Crippen molar-refractivity contribution >= 4 is 50.7 Å². The Morgan fingerprint density at radius 1 is 0.519 bits per heavy atom. The normalized spacial score (nSPS) is 13.7. The van der Waals surface area contributed by atoms with Crippen molar-refractivity contribution in [2.45, 2.75) is 25.8 Å². The Labute approximate surface area is 304 Å². The lowest BCUT2D eigenvalue weighted by atomic mass is 9.81. The second kappa shape index (κ2) is 12.7. The lowest BCUT2D eigenvalue weighted by Gasteiger charge is -2.22. The van der Waals surface area contributed by atoms with Gasteiger partial charge < -0.3 is 0 Å². The molecule has 1 aliphatic carbocycles. The van der Waals surface area contributed by atoms with Gasteiger partial charge >= 0.3 is 0 Å². The molecule has 248 valence electrons. The fourth-order valence-electron chi connectivity index (χ4n) is 8.06. The van der Waals surface area contributed by atoms with Crippen molar-refractivity contribution in [2.75, 3.05) is 0 Å². The van der Waals surface area contributed by atoms with Gasteiger partial charge in [-0.3, -0.25) is 4.99 Å². The summed E-state index contributed by atoms with van der Waals surface area (Å²) in [6.07, 6.45) is 0. The molecule has 0 amide bonds. The summed E-state index contributed by atoms with van der Waals surface area (Å²) in [5.74, 6) is 1.16. The third kappa shape index (κ3) is 5.25. The highest BCUT2D eigenvalue weighted by Crippen LogP contribution is 2.49. The second-order valence-electron chi connectivity index (χ2n) is 14.1. The van der Waals surface area contributed by atoms with Crippen LogP contribution in [0.25, 0.3) is 54.6 Å². The molecule has 0 radical (unpaired) electrons. The molecule has 0 spiro atoms. The molecule has 0 aromatic heterocycles. The molecule has 8 aromatic rings. The molecular weight excluding hydrogens is 631 g/mol. The lowest BCUT2D eigenvalue weighted by molar-refractivity contribution is 0.660. The standard InChI is InChI=1S/C49H37N3/c1-49(2)44-24-13-12-21-39(44)40-28-26-35(30-45(40)49)34-25-27-38-36-19-10-11-20-37(36)41-22-14-23-42(46(41)43(38)29-34)48(50-3)52-47(33-17-8-5-9-18-33)51-31-32-15-6-4-7-16-32/h4-30H,3,31H2,1-2H3. The van der Waals surface area contributed by atoms with E-state index >= 15 is 0 Å². The Bertz CT molecular complexity index is 2740. The molecule has 0 N–H and O–H groups in total. The molecule has 3 nitrogen and oxygen atoms in total. The van der Waals surface area contributed by atoms with Gasteiger partial charge in [0.05, 0.1) is 6.54 Å². The fourth-order valence-corrected chi connectivity index (χ4v) is 8.06. The van der Waals surface area contributed by atoms with Crippen molar-refractivity contribution in [3.63, 3.8) is 0 Å². The maximum absolute atomic E-state index is 5.18. The van der Waals surface area contributed by atoms with Crippen LogP contribution in [0.4, 0.5) is 0 Å². The largest absolute Gasteiger partial charge is 0.261 e. The number of hydrogen-bond acceptors (Lipinski definition) is 1. The van der Waals surface area contributed by atoms with Crippen LogP contribution in [-0.4, -0.2) is 18.4 Å². The van der Waals surface area contributed by atoms with Crippen molar-refractivity contribution in [3.05, 3.63) is 192 Å². The minimum Gasteiger partial charge on any atom is -0.261 e. The number of aliphatic imine (C=N–C) groups is 3. The first kappa shape index (κ1) is 31.5. The highest BCUT2D eigenvalue weighted by atomic mass is 15.0. The number of benzene rings is 8. The quantitative estimate of drug-likeness (QED) is 0.0995. The fraction of sp³-hybridized carbons (Fsp3) is 0.0816. The van der Waals surface area contributed by atoms with Crippen molar-refractivity contribution in [2.24, 2.45) is 15.0 Å². The van der Waals surface area contributed by atoms with Gasteiger partial charge in [-0.1, -0.05) is 166 Å². The number of hydrogen-bond donors (Lipinski definition) is 0. The lowest BCUT2D eigenvalue weighted by Crippen LogP contribution is -2.14. The minimum absolute atomic E-state index is 0.0750. The Hall–Kier alpha value is -6.45. The molecule has 0 unspecified atom stereocenters. The summed E-state index contributed by atoms with van der Waals surface area (Å²) in [6.45, 7) is 9.23. The van der Waals surface area contributed by atoms with Crippen LogP contribution in [0.15, 0.2) is 179 Å². The molecule has 0 fully saturated rings. The molecule has 1 aliphatic rings. The van der Waals surface area contributed by atoms with Crippen molar-refractivity contribution < 1.29 is 0 Å². The summed E-state index contributed by atoms with van der Waals surface area (Å²) in [7, 11) is 0. The summed E-state index contributed by atoms with van der Waals surface area (Å²) < 4.78 is 0. The zero-order valence-corrected chi connectivity index (χ0v) is 29.3. The van der Waals surface area contributed by atoms with Gasteiger partial charge in [-0.05, 0) is 84.7 Å². The molecule has 0 atom stereocenters. The third-order valence-electron chi connectivity index (χ3n) is 10.7. The van der Waals surface area contributed by atoms with Gasteiger partial charge in [-0.25, -0.2) is 9.98 Å². The predicted molar refractivity (Wildman–Crippen MR) is 221 cm³/mol. The topological polar surface area (TPSA) is 37.1 Å². The van der Waals surface area contributed by atoms with E-state index in [0.717, 1.165) is 32.8 Å². The van der Waals surface area contributed by atoms with E-state index in [1.54, 1.807) is 0 Å². The van der Waals surface area contributed by atoms with E-state index in [4.69, 9.17) is 9.98 Å². The van der Waals surface area contributed by atoms with Gasteiger partial charge in [0.25, 0.3) is 0 Å². The van der Waals surface area contributed by atoms with E-state index in [-0.39, 0.29) is 5.41 Å². The van der Waals surface area contributed by atoms with Crippen molar-refractivity contribution in [3.8, 4) is 22.3 Å². The molecule has 0 aliphatic heterocycles. The Balaban J connectivity index is 1.26. The van der Waals surface area contributed by atoms with Crippen LogP contribution < -0.4 is 0 Å². The smallest absolute Gasteiger partial charge is 0.161 e. The van der Waals surface area contributed by atoms with Crippen LogP contribution in [0, 0.1) is 0 Å². The minimum atomic E-state index is -0.0750. The van der Waals surface area contributed by atoms with Gasteiger partial charge in [0, 0.05) is 21.9 Å². The van der Waals surface area contributed by atoms with Crippen LogP contribution in [0.5, 0.6) is 0 Å². The average Bonchev–Trinajstić information content (AvgIpc) is 3.43. The molecule has 0 saturated heterocycles. The first-order valence-electron chi connectivity index (χ1n) is 17.8. The Morgan fingerprint density at radius 2 is 1.13 bits per heavy atom. The summed E-state index contributed by atoms with van der Waals surface area (Å²) in [6, 6.07) is 58.2. The van der Waals surface area contributed by atoms with Crippen molar-refractivity contribution in [1.29, 1.82) is 0 Å². The molecular formula is C49H37N3. The summed E-state index contributed by atoms with van der Waals surface area (Å²) in [5.41, 5.74) is 10.7. The first-order valence-corrected chi connectivity index (χ1v) is 17.8. The third-order valence-corrected chi connectivity index (χ3v) is 10.7. The molecule has 9 rings (SSSR count). The zero-order valence-electron chi connectivity index (χ0n) is 29.3. The van der Waals surface area contributed by atoms with Gasteiger partial charge in [-0.2, -0.15) is 0 Å². The number of fused-ring (bicyclic) bond motifs is 9. The van der Waals surface area contributed by atoms with E-state index in [9.17, 15) is 0 Å². The molecule has 8 aromatic carbocycles. The van der Waals surface area contributed by atoms with E-state index in [2.05, 4.69) is 141 Å². The van der Waals surface area contributed by atoms with Crippen LogP contribution >= 0.6 is 0 Å². The zero-order chi connectivity index (χ0) is 35.2. The maximum atomic E-state index is 5.18. The SMILES string of the molecule is C=NC(=NC(=NCc1ccccc1)c1ccccc1)c1cccc2c3ccccc3c3ccc(-c4ccc5c(c4)C(C)(C)c4ccccc4-5)cc3c12. The molecule has 0 heterocycles. The summed E-state index contributed by atoms with van der Waals surface area (Å²) in [4.78, 5) is 14.8. The van der Waals surface area contributed by atoms with Crippen molar-refractivity contribution in [1.82, 2.24) is 0 Å². The average molecular weight is 668 g/mol. The van der Waals surface area contributed by atoms with Crippen LogP contribution in [-0.2, 0) is 12.0 Å². The van der Waals surface area contributed by atoms with Gasteiger partial charge in [0.1, 0.15) is 0 Å². The highest BCUT2D eigenvalue weighted by Gasteiger charge is 2.35. The molecule has 0 bridgehead atoms. The van der Waals surface area contributed by atoms with E-state index in [1.807, 2.05) is 48.5 Å². The Kier molecular flexibility index (Phi) is 7.70. The molecule has 3 heteroatoms. The molecule has 52 heavy (non-hydrogen) atoms. The molecule has 0 saturated carbocycles. The summed E-state index contributed by atoms with van der Waals surface area (Å²) in [5, 5.41) is 7.02. The number of nitrogens with zero attached hydrogens (tertiary/aromatic N) is 3. The van der Waals surface area contributed by atoms with E-state index in [1.165, 1.54) is 49.5 Å². The van der Waals surface area contributed by atoms with Crippen LogP contribution in [0.2, 0.25) is 0 Å². The van der Waals surface area contributed by atoms with Crippen LogP contribution in [0.3, 0.4) is 0 Å².